The Labute approximate surface area is 158 Å². The van der Waals surface area contributed by atoms with Crippen LogP contribution in [0.3, 0.4) is 0 Å². The molecule has 0 atom stereocenters. The molecule has 27 heavy (non-hydrogen) atoms. The van der Waals surface area contributed by atoms with E-state index < -0.39 is 24.3 Å². The third-order valence-corrected chi connectivity index (χ3v) is 3.79. The van der Waals surface area contributed by atoms with Crippen molar-refractivity contribution >= 4 is 29.2 Å². The van der Waals surface area contributed by atoms with Gasteiger partial charge in [-0.1, -0.05) is 29.8 Å². The summed E-state index contributed by atoms with van der Waals surface area (Å²) in [6.07, 6.45) is 0. The topological polar surface area (TPSA) is 86.1 Å². The number of aryl methyl sites for hydroxylation is 1. The number of hydrogen-bond donors (Lipinski definition) is 1. The minimum atomic E-state index is -0.776. The van der Waals surface area contributed by atoms with Gasteiger partial charge in [0.1, 0.15) is 5.82 Å². The van der Waals surface area contributed by atoms with Gasteiger partial charge in [0.05, 0.1) is 16.4 Å². The van der Waals surface area contributed by atoms with Crippen molar-refractivity contribution in [3.63, 3.8) is 0 Å². The van der Waals surface area contributed by atoms with E-state index in [0.717, 1.165) is 6.07 Å². The molecule has 2 aromatic carbocycles. The maximum atomic E-state index is 13.1. The summed E-state index contributed by atoms with van der Waals surface area (Å²) >= 11 is 5.65. The minimum Gasteiger partial charge on any atom is -0.451 e. The summed E-state index contributed by atoms with van der Waals surface area (Å²) < 4.78 is 18.1. The smallest absolute Gasteiger partial charge is 0.361 e. The number of nitrogens with one attached hydrogen (secondary N) is 1. The highest BCUT2D eigenvalue weighted by Gasteiger charge is 2.19. The molecule has 9 heteroatoms. The van der Waals surface area contributed by atoms with Crippen molar-refractivity contribution in [3.05, 3.63) is 70.8 Å². The Balaban J connectivity index is 1.61. The number of hydrogen-bond acceptors (Lipinski definition) is 5. The van der Waals surface area contributed by atoms with E-state index in [1.165, 1.54) is 16.9 Å². The van der Waals surface area contributed by atoms with Crippen LogP contribution in [0.4, 0.5) is 10.1 Å². The predicted octanol–water partition coefficient (Wildman–Crippen LogP) is 3.16. The number of rotatable bonds is 5. The molecule has 3 aromatic rings. The van der Waals surface area contributed by atoms with Gasteiger partial charge in [0.25, 0.3) is 5.91 Å². The molecular weight excluding hydrogens is 375 g/mol. The van der Waals surface area contributed by atoms with Crippen LogP contribution >= 0.6 is 11.6 Å². The average Bonchev–Trinajstić information content (AvgIpc) is 3.05. The highest BCUT2D eigenvalue weighted by atomic mass is 35.5. The number of carbonyl (C=O) groups excluding carboxylic acids is 2. The van der Waals surface area contributed by atoms with E-state index >= 15 is 0 Å². The normalized spacial score (nSPS) is 10.5. The van der Waals surface area contributed by atoms with Crippen LogP contribution in [0.25, 0.3) is 5.69 Å². The highest BCUT2D eigenvalue weighted by Crippen LogP contribution is 2.19. The second-order valence-electron chi connectivity index (χ2n) is 5.51. The van der Waals surface area contributed by atoms with Gasteiger partial charge in [0.2, 0.25) is 0 Å². The fourth-order valence-electron chi connectivity index (χ4n) is 2.21. The Morgan fingerprint density at radius 3 is 2.63 bits per heavy atom. The number of para-hydroxylation sites is 1. The summed E-state index contributed by atoms with van der Waals surface area (Å²) in [5, 5.41) is 10.6. The molecule has 0 fully saturated rings. The first-order valence-corrected chi connectivity index (χ1v) is 8.23. The molecule has 1 N–H and O–H groups in total. The van der Waals surface area contributed by atoms with Gasteiger partial charge >= 0.3 is 5.97 Å². The molecule has 0 saturated carbocycles. The summed E-state index contributed by atoms with van der Waals surface area (Å²) in [5.41, 5.74) is 1.35. The minimum absolute atomic E-state index is 0.0106. The third-order valence-electron chi connectivity index (χ3n) is 3.50. The lowest BCUT2D eigenvalue weighted by Gasteiger charge is -2.06. The standard InChI is InChI=1S/C18H14ClFN4O3/c1-11-17(23-24(22-11)13-5-3-2-4-6-13)18(26)27-10-16(25)21-12-7-8-15(20)14(19)9-12/h2-9H,10H2,1H3,(H,21,25). The van der Waals surface area contributed by atoms with E-state index in [-0.39, 0.29) is 16.4 Å². The van der Waals surface area contributed by atoms with Gasteiger partial charge in [-0.25, -0.2) is 9.18 Å². The summed E-state index contributed by atoms with van der Waals surface area (Å²) in [6, 6.07) is 12.8. The van der Waals surface area contributed by atoms with Crippen molar-refractivity contribution in [3.8, 4) is 5.69 Å². The number of esters is 1. The zero-order valence-electron chi connectivity index (χ0n) is 14.1. The second-order valence-corrected chi connectivity index (χ2v) is 5.92. The van der Waals surface area contributed by atoms with Gasteiger partial charge in [-0.3, -0.25) is 4.79 Å². The van der Waals surface area contributed by atoms with Gasteiger partial charge in [-0.2, -0.15) is 9.90 Å². The monoisotopic (exact) mass is 388 g/mol. The van der Waals surface area contributed by atoms with Crippen molar-refractivity contribution in [1.82, 2.24) is 15.0 Å². The van der Waals surface area contributed by atoms with Crippen LogP contribution in [-0.2, 0) is 9.53 Å². The number of aromatic nitrogens is 3. The second kappa shape index (κ2) is 7.96. The van der Waals surface area contributed by atoms with E-state index in [1.54, 1.807) is 19.1 Å². The molecule has 0 bridgehead atoms. The van der Waals surface area contributed by atoms with Crippen molar-refractivity contribution in [2.45, 2.75) is 6.92 Å². The molecule has 0 aliphatic heterocycles. The van der Waals surface area contributed by atoms with Crippen molar-refractivity contribution in [1.29, 1.82) is 0 Å². The molecule has 1 aromatic heterocycles. The molecule has 0 spiro atoms. The maximum Gasteiger partial charge on any atom is 0.361 e. The Bertz CT molecular complexity index is 992. The van der Waals surface area contributed by atoms with Gasteiger partial charge < -0.3 is 10.1 Å². The Hall–Kier alpha value is -3.26. The molecule has 138 valence electrons. The summed E-state index contributed by atoms with van der Waals surface area (Å²) in [7, 11) is 0. The van der Waals surface area contributed by atoms with Crippen LogP contribution in [0.1, 0.15) is 16.2 Å². The van der Waals surface area contributed by atoms with Gasteiger partial charge in [-0.15, -0.1) is 5.10 Å². The number of halogens is 2. The van der Waals surface area contributed by atoms with Gasteiger partial charge in [0.15, 0.2) is 12.3 Å². The first-order chi connectivity index (χ1) is 12.9. The number of benzene rings is 2. The fourth-order valence-corrected chi connectivity index (χ4v) is 2.40. The third kappa shape index (κ3) is 4.48. The predicted molar refractivity (Wildman–Crippen MR) is 96.4 cm³/mol. The number of amides is 1. The van der Waals surface area contributed by atoms with E-state index in [1.807, 2.05) is 18.2 Å². The molecule has 1 amide bonds. The Morgan fingerprint density at radius 2 is 1.93 bits per heavy atom. The Kier molecular flexibility index (Phi) is 5.46. The van der Waals surface area contributed by atoms with Crippen LogP contribution in [0, 0.1) is 12.7 Å². The van der Waals surface area contributed by atoms with E-state index in [9.17, 15) is 14.0 Å². The maximum absolute atomic E-state index is 13.1. The average molecular weight is 389 g/mol. The number of carbonyl (C=O) groups is 2. The van der Waals surface area contributed by atoms with Crippen molar-refractivity contribution in [2.75, 3.05) is 11.9 Å². The van der Waals surface area contributed by atoms with E-state index in [0.29, 0.717) is 11.4 Å². The van der Waals surface area contributed by atoms with Crippen molar-refractivity contribution in [2.24, 2.45) is 0 Å². The molecule has 0 aliphatic carbocycles. The quantitative estimate of drug-likeness (QED) is 0.678. The number of nitrogens with zero attached hydrogens (tertiary/aromatic N) is 3. The molecule has 0 radical (unpaired) electrons. The van der Waals surface area contributed by atoms with Crippen LogP contribution < -0.4 is 5.32 Å². The molecule has 0 unspecified atom stereocenters. The first kappa shape index (κ1) is 18.5. The first-order valence-electron chi connectivity index (χ1n) is 7.85. The van der Waals surface area contributed by atoms with Gasteiger partial charge in [0, 0.05) is 5.69 Å². The molecule has 7 nitrogen and oxygen atoms in total. The molecule has 0 aliphatic rings. The van der Waals surface area contributed by atoms with E-state index in [4.69, 9.17) is 16.3 Å². The van der Waals surface area contributed by atoms with Crippen LogP contribution in [0.5, 0.6) is 0 Å². The lowest BCUT2D eigenvalue weighted by molar-refractivity contribution is -0.119. The van der Waals surface area contributed by atoms with Crippen LogP contribution in [-0.4, -0.2) is 33.5 Å². The Morgan fingerprint density at radius 1 is 1.19 bits per heavy atom. The summed E-state index contributed by atoms with van der Waals surface area (Å²) in [5.74, 6) is -1.97. The molecule has 1 heterocycles. The summed E-state index contributed by atoms with van der Waals surface area (Å²) in [4.78, 5) is 25.4. The summed E-state index contributed by atoms with van der Waals surface area (Å²) in [6.45, 7) is 1.08. The number of ether oxygens (including phenoxy) is 1. The molecular formula is C18H14ClFN4O3. The largest absolute Gasteiger partial charge is 0.451 e. The lowest BCUT2D eigenvalue weighted by Crippen LogP contribution is -2.21. The molecule has 3 rings (SSSR count). The lowest BCUT2D eigenvalue weighted by atomic mass is 10.3. The van der Waals surface area contributed by atoms with Crippen LogP contribution in [0.2, 0.25) is 5.02 Å². The van der Waals surface area contributed by atoms with Gasteiger partial charge in [-0.05, 0) is 37.3 Å². The zero-order valence-corrected chi connectivity index (χ0v) is 14.9. The molecule has 0 saturated heterocycles. The van der Waals surface area contributed by atoms with Crippen molar-refractivity contribution < 1.29 is 18.7 Å². The SMILES string of the molecule is Cc1nn(-c2ccccc2)nc1C(=O)OCC(=O)Nc1ccc(F)c(Cl)c1. The number of anilines is 1. The highest BCUT2D eigenvalue weighted by molar-refractivity contribution is 6.31. The fraction of sp³-hybridized carbons (Fsp3) is 0.111. The van der Waals surface area contributed by atoms with E-state index in [2.05, 4.69) is 15.5 Å². The van der Waals surface area contributed by atoms with Crippen LogP contribution in [0.15, 0.2) is 48.5 Å². The zero-order chi connectivity index (χ0) is 19.4.